The molecule has 7 nitrogen and oxygen atoms in total. The Morgan fingerprint density at radius 2 is 1.40 bits per heavy atom. The second kappa shape index (κ2) is 9.09. The minimum atomic E-state index is -0.825. The molecule has 7 heteroatoms. The molecular weight excluding hydrogens is 386 g/mol. The van der Waals surface area contributed by atoms with Gasteiger partial charge in [0.1, 0.15) is 5.75 Å². The molecule has 0 saturated carbocycles. The average Bonchev–Trinajstić information content (AvgIpc) is 2.77. The molecule has 0 bridgehead atoms. The molecule has 0 heterocycles. The summed E-state index contributed by atoms with van der Waals surface area (Å²) in [4.78, 5) is 36.4. The minimum Gasteiger partial charge on any atom is -0.481 e. The maximum Gasteiger partial charge on any atom is 0.337 e. The standard InChI is InChI=1S/C23H21NO6/c1-14(30-20-9-8-15-6-4-5-7-16(15)13-20)21(25)24-19-11-17(22(26)28-2)10-18(12-19)23(27)29-3/h4-14H,1-3H3,(H,24,25)/t14-/m0/s1. The van der Waals surface area contributed by atoms with Crippen LogP contribution in [0.15, 0.2) is 60.7 Å². The van der Waals surface area contributed by atoms with Gasteiger partial charge in [0, 0.05) is 5.69 Å². The van der Waals surface area contributed by atoms with Crippen LogP contribution < -0.4 is 10.1 Å². The van der Waals surface area contributed by atoms with E-state index in [4.69, 9.17) is 14.2 Å². The summed E-state index contributed by atoms with van der Waals surface area (Å²) in [6.45, 7) is 1.61. The molecule has 0 aromatic heterocycles. The molecular formula is C23H21NO6. The topological polar surface area (TPSA) is 90.9 Å². The van der Waals surface area contributed by atoms with Gasteiger partial charge < -0.3 is 19.5 Å². The summed E-state index contributed by atoms with van der Waals surface area (Å²) in [6, 6.07) is 17.5. The minimum absolute atomic E-state index is 0.110. The number of benzene rings is 3. The number of carbonyl (C=O) groups excluding carboxylic acids is 3. The van der Waals surface area contributed by atoms with Crippen molar-refractivity contribution < 1.29 is 28.6 Å². The van der Waals surface area contributed by atoms with Crippen LogP contribution in [-0.2, 0) is 14.3 Å². The van der Waals surface area contributed by atoms with Gasteiger partial charge in [-0.2, -0.15) is 0 Å². The molecule has 3 aromatic carbocycles. The number of esters is 2. The van der Waals surface area contributed by atoms with Crippen molar-refractivity contribution in [3.8, 4) is 5.75 Å². The first-order valence-electron chi connectivity index (χ1n) is 9.19. The van der Waals surface area contributed by atoms with Crippen LogP contribution in [0, 0.1) is 0 Å². The van der Waals surface area contributed by atoms with Crippen LogP contribution in [0.1, 0.15) is 27.6 Å². The van der Waals surface area contributed by atoms with Gasteiger partial charge in [-0.25, -0.2) is 9.59 Å². The lowest BCUT2D eigenvalue weighted by Gasteiger charge is -2.16. The van der Waals surface area contributed by atoms with Crippen molar-refractivity contribution in [1.29, 1.82) is 0 Å². The zero-order valence-electron chi connectivity index (χ0n) is 16.8. The van der Waals surface area contributed by atoms with Gasteiger partial charge in [0.25, 0.3) is 5.91 Å². The van der Waals surface area contributed by atoms with E-state index in [1.165, 1.54) is 32.4 Å². The maximum absolute atomic E-state index is 12.6. The Hall–Kier alpha value is -3.87. The number of rotatable bonds is 6. The van der Waals surface area contributed by atoms with Crippen molar-refractivity contribution in [3.63, 3.8) is 0 Å². The van der Waals surface area contributed by atoms with Crippen LogP contribution in [0.2, 0.25) is 0 Å². The molecule has 154 valence electrons. The molecule has 0 saturated heterocycles. The fourth-order valence-electron chi connectivity index (χ4n) is 2.91. The molecule has 0 aliphatic rings. The van der Waals surface area contributed by atoms with E-state index in [1.807, 2.05) is 36.4 Å². The predicted octanol–water partition coefficient (Wildman–Crippen LogP) is 3.82. The summed E-state index contributed by atoms with van der Waals surface area (Å²) in [5, 5.41) is 4.72. The third-order valence-corrected chi connectivity index (χ3v) is 4.45. The van der Waals surface area contributed by atoms with Crippen LogP contribution in [0.4, 0.5) is 5.69 Å². The van der Waals surface area contributed by atoms with E-state index in [0.717, 1.165) is 10.8 Å². The average molecular weight is 407 g/mol. The van der Waals surface area contributed by atoms with Gasteiger partial charge in [0.05, 0.1) is 25.3 Å². The van der Waals surface area contributed by atoms with Crippen molar-refractivity contribution in [2.75, 3.05) is 19.5 Å². The van der Waals surface area contributed by atoms with Crippen LogP contribution >= 0.6 is 0 Å². The number of nitrogens with one attached hydrogen (secondary N) is 1. The van der Waals surface area contributed by atoms with Gasteiger partial charge in [-0.05, 0) is 48.0 Å². The van der Waals surface area contributed by atoms with Crippen LogP contribution in [0.3, 0.4) is 0 Å². The van der Waals surface area contributed by atoms with Crippen molar-refractivity contribution in [2.24, 2.45) is 0 Å². The molecule has 0 fully saturated rings. The highest BCUT2D eigenvalue weighted by molar-refractivity contribution is 6.00. The fourth-order valence-corrected chi connectivity index (χ4v) is 2.91. The van der Waals surface area contributed by atoms with E-state index in [0.29, 0.717) is 5.75 Å². The number of hydrogen-bond donors (Lipinski definition) is 1. The van der Waals surface area contributed by atoms with E-state index in [2.05, 4.69) is 5.32 Å². The SMILES string of the molecule is COC(=O)c1cc(NC(=O)[C@H](C)Oc2ccc3ccccc3c2)cc(C(=O)OC)c1. The lowest BCUT2D eigenvalue weighted by atomic mass is 10.1. The van der Waals surface area contributed by atoms with Crippen LogP contribution in [0.5, 0.6) is 5.75 Å². The number of carbonyl (C=O) groups is 3. The van der Waals surface area contributed by atoms with Gasteiger partial charge in [-0.1, -0.05) is 30.3 Å². The summed E-state index contributed by atoms with van der Waals surface area (Å²) < 4.78 is 15.2. The molecule has 1 atom stereocenters. The molecule has 0 radical (unpaired) electrons. The van der Waals surface area contributed by atoms with E-state index < -0.39 is 23.9 Å². The van der Waals surface area contributed by atoms with Gasteiger partial charge in [-0.3, -0.25) is 4.79 Å². The Balaban J connectivity index is 1.77. The smallest absolute Gasteiger partial charge is 0.337 e. The largest absolute Gasteiger partial charge is 0.481 e. The molecule has 3 rings (SSSR count). The molecule has 0 unspecified atom stereocenters. The second-order valence-corrected chi connectivity index (χ2v) is 6.54. The number of amides is 1. The van der Waals surface area contributed by atoms with Crippen molar-refractivity contribution in [3.05, 3.63) is 71.8 Å². The zero-order chi connectivity index (χ0) is 21.7. The second-order valence-electron chi connectivity index (χ2n) is 6.54. The summed E-state index contributed by atoms with van der Waals surface area (Å²) >= 11 is 0. The van der Waals surface area contributed by atoms with Gasteiger partial charge >= 0.3 is 11.9 Å². The van der Waals surface area contributed by atoms with Crippen LogP contribution in [-0.4, -0.2) is 38.2 Å². The first-order valence-corrected chi connectivity index (χ1v) is 9.19. The third kappa shape index (κ3) is 4.75. The predicted molar refractivity (Wildman–Crippen MR) is 112 cm³/mol. The zero-order valence-corrected chi connectivity index (χ0v) is 16.8. The Bertz CT molecular complexity index is 1070. The monoisotopic (exact) mass is 407 g/mol. The Morgan fingerprint density at radius 3 is 2.00 bits per heavy atom. The first-order chi connectivity index (χ1) is 14.4. The fraction of sp³-hybridized carbons (Fsp3) is 0.174. The van der Waals surface area contributed by atoms with Gasteiger partial charge in [0.2, 0.25) is 0 Å². The van der Waals surface area contributed by atoms with E-state index >= 15 is 0 Å². The molecule has 0 spiro atoms. The number of ether oxygens (including phenoxy) is 3. The number of fused-ring (bicyclic) bond motifs is 1. The third-order valence-electron chi connectivity index (χ3n) is 4.45. The van der Waals surface area contributed by atoms with Crippen molar-refractivity contribution in [1.82, 2.24) is 0 Å². The highest BCUT2D eigenvalue weighted by Crippen LogP contribution is 2.22. The summed E-state index contributed by atoms with van der Waals surface area (Å²) in [5.41, 5.74) is 0.467. The molecule has 30 heavy (non-hydrogen) atoms. The van der Waals surface area contributed by atoms with E-state index in [9.17, 15) is 14.4 Å². The molecule has 1 amide bonds. The van der Waals surface area contributed by atoms with Crippen molar-refractivity contribution >= 4 is 34.3 Å². The molecule has 0 aliphatic carbocycles. The van der Waals surface area contributed by atoms with E-state index in [1.54, 1.807) is 13.0 Å². The van der Waals surface area contributed by atoms with Gasteiger partial charge in [-0.15, -0.1) is 0 Å². The highest BCUT2D eigenvalue weighted by atomic mass is 16.5. The summed E-state index contributed by atoms with van der Waals surface area (Å²) in [6.07, 6.45) is -0.825. The Kier molecular flexibility index (Phi) is 6.32. The molecule has 3 aromatic rings. The molecule has 1 N–H and O–H groups in total. The lowest BCUT2D eigenvalue weighted by Crippen LogP contribution is -2.30. The Labute approximate surface area is 173 Å². The van der Waals surface area contributed by atoms with E-state index in [-0.39, 0.29) is 16.8 Å². The summed E-state index contributed by atoms with van der Waals surface area (Å²) in [7, 11) is 2.45. The Morgan fingerprint density at radius 1 is 0.800 bits per heavy atom. The number of methoxy groups -OCH3 is 2. The first kappa shape index (κ1) is 20.9. The number of hydrogen-bond acceptors (Lipinski definition) is 6. The highest BCUT2D eigenvalue weighted by Gasteiger charge is 2.18. The lowest BCUT2D eigenvalue weighted by molar-refractivity contribution is -0.122. The van der Waals surface area contributed by atoms with Gasteiger partial charge in [0.15, 0.2) is 6.10 Å². The summed E-state index contributed by atoms with van der Waals surface area (Å²) in [5.74, 6) is -1.18. The van der Waals surface area contributed by atoms with Crippen molar-refractivity contribution in [2.45, 2.75) is 13.0 Å². The normalized spacial score (nSPS) is 11.4. The number of anilines is 1. The quantitative estimate of drug-likeness (QED) is 0.625. The maximum atomic E-state index is 12.6. The van der Waals surface area contributed by atoms with Crippen LogP contribution in [0.25, 0.3) is 10.8 Å². The molecule has 0 aliphatic heterocycles.